The molecule has 1 aromatic carbocycles. The van der Waals surface area contributed by atoms with Crippen molar-refractivity contribution in [2.24, 2.45) is 5.92 Å². The maximum absolute atomic E-state index is 17.1. The summed E-state index contributed by atoms with van der Waals surface area (Å²) in [7, 11) is 0. The minimum Gasteiger partial charge on any atom is -0.481 e. The van der Waals surface area contributed by atoms with Gasteiger partial charge in [0.05, 0.1) is 12.5 Å². The predicted molar refractivity (Wildman–Crippen MR) is 132 cm³/mol. The number of ether oxygens (including phenoxy) is 1. The highest BCUT2D eigenvalue weighted by atomic mass is 19.1. The van der Waals surface area contributed by atoms with Crippen molar-refractivity contribution in [3.05, 3.63) is 52.6 Å². The molecule has 6 nitrogen and oxygen atoms in total. The number of halogens is 2. The van der Waals surface area contributed by atoms with Gasteiger partial charge in [-0.15, -0.1) is 0 Å². The van der Waals surface area contributed by atoms with Gasteiger partial charge in [0.25, 0.3) is 0 Å². The second kappa shape index (κ2) is 10.1. The molecule has 0 saturated carbocycles. The highest BCUT2D eigenvalue weighted by Gasteiger charge is 2.50. The lowest BCUT2D eigenvalue weighted by Crippen LogP contribution is -2.60. The zero-order chi connectivity index (χ0) is 26.1. The topological polar surface area (TPSA) is 78.9 Å². The molecular weight excluding hydrogens is 454 g/mol. The molecule has 1 amide bonds. The molecule has 3 unspecified atom stereocenters. The Labute approximate surface area is 206 Å². The molecule has 1 heterocycles. The number of benzene rings is 1. The fraction of sp³-hybridized carbons (Fsp3) is 0.556. The molecule has 3 atom stereocenters. The summed E-state index contributed by atoms with van der Waals surface area (Å²) in [5.41, 5.74) is 1.09. The van der Waals surface area contributed by atoms with Crippen LogP contribution in [0.2, 0.25) is 0 Å². The van der Waals surface area contributed by atoms with Gasteiger partial charge in [0.15, 0.2) is 5.67 Å². The normalized spacial score (nSPS) is 24.5. The van der Waals surface area contributed by atoms with E-state index in [4.69, 9.17) is 4.74 Å². The molecule has 1 aliphatic carbocycles. The summed E-state index contributed by atoms with van der Waals surface area (Å²) in [6.45, 7) is 10.8. The first-order valence-corrected chi connectivity index (χ1v) is 11.9. The number of carboxylic acids is 1. The number of aryl methyl sites for hydroxylation is 1. The largest absolute Gasteiger partial charge is 0.481 e. The number of hydrogen-bond acceptors (Lipinski definition) is 4. The van der Waals surface area contributed by atoms with Crippen molar-refractivity contribution in [1.29, 1.82) is 0 Å². The van der Waals surface area contributed by atoms with Gasteiger partial charge in [-0.3, -0.25) is 9.69 Å². The molecule has 0 spiro atoms. The molecule has 0 radical (unpaired) electrons. The maximum Gasteiger partial charge on any atom is 0.407 e. The molecule has 2 aliphatic rings. The van der Waals surface area contributed by atoms with Crippen LogP contribution in [0.5, 0.6) is 0 Å². The van der Waals surface area contributed by atoms with Crippen molar-refractivity contribution in [3.63, 3.8) is 0 Å². The summed E-state index contributed by atoms with van der Waals surface area (Å²) in [4.78, 5) is 26.1. The van der Waals surface area contributed by atoms with Gasteiger partial charge in [0, 0.05) is 25.6 Å². The average molecular weight is 491 g/mol. The summed E-state index contributed by atoms with van der Waals surface area (Å²) in [5, 5.41) is 12.3. The molecule has 1 aliphatic heterocycles. The molecule has 8 heteroatoms. The average Bonchev–Trinajstić information content (AvgIpc) is 2.70. The number of hydrogen-bond donors (Lipinski definition) is 2. The molecule has 1 fully saturated rings. The molecule has 1 aromatic rings. The molecule has 0 bridgehead atoms. The Kier molecular flexibility index (Phi) is 7.74. The Morgan fingerprint density at radius 3 is 2.40 bits per heavy atom. The number of carbonyl (C=O) groups excluding carboxylic acids is 1. The smallest absolute Gasteiger partial charge is 0.407 e. The zero-order valence-electron chi connectivity index (χ0n) is 21.3. The van der Waals surface area contributed by atoms with E-state index < -0.39 is 47.9 Å². The lowest BCUT2D eigenvalue weighted by molar-refractivity contribution is -0.138. The summed E-state index contributed by atoms with van der Waals surface area (Å²) >= 11 is 0. The number of alkyl halides is 2. The summed E-state index contributed by atoms with van der Waals surface area (Å²) < 4.78 is 36.0. The van der Waals surface area contributed by atoms with E-state index in [0.717, 1.165) is 22.3 Å². The third kappa shape index (κ3) is 6.10. The minimum atomic E-state index is -2.01. The van der Waals surface area contributed by atoms with Crippen molar-refractivity contribution in [3.8, 4) is 0 Å². The van der Waals surface area contributed by atoms with E-state index in [9.17, 15) is 19.1 Å². The molecule has 35 heavy (non-hydrogen) atoms. The van der Waals surface area contributed by atoms with Gasteiger partial charge >= 0.3 is 12.1 Å². The molecule has 192 valence electrons. The second-order valence-corrected chi connectivity index (χ2v) is 10.7. The monoisotopic (exact) mass is 490 g/mol. The van der Waals surface area contributed by atoms with Crippen LogP contribution in [0.3, 0.4) is 0 Å². The lowest BCUT2D eigenvalue weighted by Gasteiger charge is -2.47. The first-order valence-electron chi connectivity index (χ1n) is 11.9. The second-order valence-electron chi connectivity index (χ2n) is 10.7. The van der Waals surface area contributed by atoms with Crippen LogP contribution < -0.4 is 5.32 Å². The number of carboxylic acid groups (broad SMARTS) is 1. The summed E-state index contributed by atoms with van der Waals surface area (Å²) in [6.07, 6.45) is -0.569. The van der Waals surface area contributed by atoms with Crippen LogP contribution in [0.1, 0.15) is 52.2 Å². The first-order chi connectivity index (χ1) is 16.2. The number of nitrogens with zero attached hydrogens (tertiary/aromatic N) is 1. The van der Waals surface area contributed by atoms with E-state index in [1.54, 1.807) is 38.7 Å². The molecule has 0 aromatic heterocycles. The van der Waals surface area contributed by atoms with Crippen LogP contribution in [-0.4, -0.2) is 65.2 Å². The van der Waals surface area contributed by atoms with E-state index in [0.29, 0.717) is 5.57 Å². The van der Waals surface area contributed by atoms with Gasteiger partial charge in [-0.05, 0) is 69.4 Å². The van der Waals surface area contributed by atoms with Crippen molar-refractivity contribution >= 4 is 17.6 Å². The lowest BCUT2D eigenvalue weighted by atomic mass is 9.69. The SMILES string of the molecule is CC1=C(C)C(F)(CN2CC(F)C2)C(C(CC(=O)O)NC(=O)OC(C)(C)C)C=C1c1ccccc1C. The van der Waals surface area contributed by atoms with Gasteiger partial charge in [-0.2, -0.15) is 0 Å². The fourth-order valence-electron chi connectivity index (χ4n) is 4.90. The number of allylic oxidation sites excluding steroid dienone is 2. The van der Waals surface area contributed by atoms with Crippen LogP contribution >= 0.6 is 0 Å². The van der Waals surface area contributed by atoms with Crippen molar-refractivity contribution < 1.29 is 28.2 Å². The number of aliphatic carboxylic acids is 1. The first kappa shape index (κ1) is 26.9. The fourth-order valence-corrected chi connectivity index (χ4v) is 4.90. The van der Waals surface area contributed by atoms with Crippen LogP contribution in [-0.2, 0) is 9.53 Å². The summed E-state index contributed by atoms with van der Waals surface area (Å²) in [5.74, 6) is -2.18. The Hall–Kier alpha value is -2.74. The molecular formula is C27H36F2N2O4. The van der Waals surface area contributed by atoms with Gasteiger partial charge in [-0.1, -0.05) is 30.3 Å². The van der Waals surface area contributed by atoms with E-state index in [1.165, 1.54) is 0 Å². The Morgan fingerprint density at radius 2 is 1.86 bits per heavy atom. The van der Waals surface area contributed by atoms with Crippen molar-refractivity contribution in [2.75, 3.05) is 19.6 Å². The van der Waals surface area contributed by atoms with E-state index in [2.05, 4.69) is 5.32 Å². The number of likely N-dealkylation sites (tertiary alicyclic amines) is 1. The summed E-state index contributed by atoms with van der Waals surface area (Å²) in [6, 6.07) is 6.63. The highest BCUT2D eigenvalue weighted by molar-refractivity contribution is 5.83. The van der Waals surface area contributed by atoms with Gasteiger partial charge in [-0.25, -0.2) is 13.6 Å². The van der Waals surface area contributed by atoms with E-state index >= 15 is 4.39 Å². The van der Waals surface area contributed by atoms with Crippen LogP contribution in [0, 0.1) is 12.8 Å². The maximum atomic E-state index is 17.1. The van der Waals surface area contributed by atoms with Crippen LogP contribution in [0.25, 0.3) is 5.57 Å². The van der Waals surface area contributed by atoms with Crippen molar-refractivity contribution in [1.82, 2.24) is 10.2 Å². The number of carbonyl (C=O) groups is 2. The third-order valence-electron chi connectivity index (χ3n) is 6.80. The van der Waals surface area contributed by atoms with E-state index in [1.807, 2.05) is 38.1 Å². The minimum absolute atomic E-state index is 0.0923. The van der Waals surface area contributed by atoms with Gasteiger partial charge in [0.1, 0.15) is 11.8 Å². The van der Waals surface area contributed by atoms with Crippen LogP contribution in [0.4, 0.5) is 13.6 Å². The quantitative estimate of drug-likeness (QED) is 0.558. The zero-order valence-corrected chi connectivity index (χ0v) is 21.3. The Balaban J connectivity index is 2.09. The molecule has 1 saturated heterocycles. The Bertz CT molecular complexity index is 1040. The van der Waals surface area contributed by atoms with Gasteiger partial charge in [0.2, 0.25) is 0 Å². The number of nitrogens with one attached hydrogen (secondary N) is 1. The van der Waals surface area contributed by atoms with E-state index in [-0.39, 0.29) is 19.6 Å². The standard InChI is InChI=1S/C27H36F2N2O4/c1-16-9-7-8-10-20(16)21-11-22(23(12-24(32)33)30-25(34)35-26(4,5)6)27(29,18(3)17(21)2)15-31-13-19(28)14-31/h7-11,19,22-23H,12-15H2,1-6H3,(H,30,34)(H,32,33). The van der Waals surface area contributed by atoms with Gasteiger partial charge < -0.3 is 15.2 Å². The number of alkyl carbamates (subject to hydrolysis) is 1. The number of rotatable bonds is 7. The van der Waals surface area contributed by atoms with Crippen LogP contribution in [0.15, 0.2) is 41.5 Å². The predicted octanol–water partition coefficient (Wildman–Crippen LogP) is 5.07. The molecule has 2 N–H and O–H groups in total. The molecule has 3 rings (SSSR count). The van der Waals surface area contributed by atoms with Crippen molar-refractivity contribution in [2.45, 2.75) is 71.4 Å². The number of amides is 1. The Morgan fingerprint density at radius 1 is 1.23 bits per heavy atom. The third-order valence-corrected chi connectivity index (χ3v) is 6.80. The highest BCUT2D eigenvalue weighted by Crippen LogP contribution is 2.46.